The summed E-state index contributed by atoms with van der Waals surface area (Å²) in [5.41, 5.74) is 5.15. The van der Waals surface area contributed by atoms with E-state index >= 15 is 0 Å². The number of Topliss-reactive ketones (excluding diaryl/α,β-unsaturated/α-hetero) is 2. The van der Waals surface area contributed by atoms with Crippen molar-refractivity contribution in [3.63, 3.8) is 0 Å². The third kappa shape index (κ3) is 9.14. The van der Waals surface area contributed by atoms with Crippen molar-refractivity contribution >= 4 is 35.0 Å². The normalized spacial score (nSPS) is 31.1. The lowest BCUT2D eigenvalue weighted by Crippen LogP contribution is -2.65. The minimum atomic E-state index is -4.64. The summed E-state index contributed by atoms with van der Waals surface area (Å²) >= 11 is 0. The first-order valence-electron chi connectivity index (χ1n) is 18.9. The Hall–Kier alpha value is -2.81. The lowest BCUT2D eigenvalue weighted by atomic mass is 9.52. The fourth-order valence-electron chi connectivity index (χ4n) is 11.3. The van der Waals surface area contributed by atoms with Gasteiger partial charge in [-0.15, -0.1) is 0 Å². The number of piperidine rings is 2. The molecule has 4 aliphatic heterocycles. The van der Waals surface area contributed by atoms with E-state index < -0.39 is 23.5 Å². The van der Waals surface area contributed by atoms with Crippen LogP contribution in [-0.2, 0) is 47.0 Å². The fraction of sp³-hybridized carbons (Fsp3) is 0.611. The van der Waals surface area contributed by atoms with Gasteiger partial charge >= 0.3 is 23.5 Å². The summed E-state index contributed by atoms with van der Waals surface area (Å²) in [6, 6.07) is 9.46. The molecule has 24 heteroatoms. The van der Waals surface area contributed by atoms with Gasteiger partial charge in [0.2, 0.25) is 0 Å². The van der Waals surface area contributed by atoms with Crippen LogP contribution in [0.1, 0.15) is 60.8 Å². The van der Waals surface area contributed by atoms with Crippen molar-refractivity contribution in [3.05, 3.63) is 46.5 Å². The summed E-state index contributed by atoms with van der Waals surface area (Å²) in [6.07, 6.45) is 6.94. The maximum Gasteiger partial charge on any atom is 0.466 e. The van der Waals surface area contributed by atoms with Crippen LogP contribution in [-0.4, -0.2) is 137 Å². The number of carbonyl (C=O) groups excluding carboxylic acids is 2. The highest BCUT2D eigenvalue weighted by molar-refractivity contribution is 7.45. The predicted molar refractivity (Wildman–Crippen MR) is 210 cm³/mol. The average molecular weight is 911 g/mol. The van der Waals surface area contributed by atoms with Gasteiger partial charge in [-0.2, -0.15) is 0 Å². The van der Waals surface area contributed by atoms with Gasteiger partial charge < -0.3 is 78.3 Å². The molecule has 2 saturated heterocycles. The van der Waals surface area contributed by atoms with Gasteiger partial charge in [0.25, 0.3) is 0 Å². The van der Waals surface area contributed by atoms with E-state index in [2.05, 4.69) is 36.0 Å². The zero-order valence-corrected chi connectivity index (χ0v) is 36.0. The van der Waals surface area contributed by atoms with E-state index in [1.54, 1.807) is 14.2 Å². The number of ketones is 2. The van der Waals surface area contributed by atoms with Crippen LogP contribution < -0.4 is 18.9 Å². The van der Waals surface area contributed by atoms with Crippen LogP contribution in [0.25, 0.3) is 0 Å². The minimum absolute atomic E-state index is 0. The molecule has 2 aromatic rings. The molecule has 0 amide bonds. The molecule has 21 nitrogen and oxygen atoms in total. The number of ether oxygens (including phenoxy) is 4. The first kappa shape index (κ1) is 48.2. The smallest absolute Gasteiger partial charge is 0.466 e. The van der Waals surface area contributed by atoms with Crippen molar-refractivity contribution in [1.29, 1.82) is 0 Å². The predicted octanol–water partition coefficient (Wildman–Crippen LogP) is 0.256. The molecule has 2 aromatic carbocycles. The third-order valence-corrected chi connectivity index (χ3v) is 13.2. The second-order valence-corrected chi connectivity index (χ2v) is 19.2. The Balaban J connectivity index is 0.000000169. The third-order valence-electron chi connectivity index (χ3n) is 13.2. The Labute approximate surface area is 345 Å². The number of rotatable bonds is 2. The highest BCUT2D eigenvalue weighted by Crippen LogP contribution is 2.64. The summed E-state index contributed by atoms with van der Waals surface area (Å²) in [5, 5.41) is 0. The van der Waals surface area contributed by atoms with E-state index in [-0.39, 0.29) is 40.1 Å². The molecule has 336 valence electrons. The molecule has 8 atom stereocenters. The quantitative estimate of drug-likeness (QED) is 0.182. The molecule has 4 fully saturated rings. The number of hydrogen-bond acceptors (Lipinski definition) is 11. The van der Waals surface area contributed by atoms with Gasteiger partial charge in [0.1, 0.15) is 0 Å². The maximum atomic E-state index is 12.6. The Kier molecular flexibility index (Phi) is 14.0. The molecule has 2 saturated carbocycles. The van der Waals surface area contributed by atoms with E-state index in [0.717, 1.165) is 74.6 Å². The number of hydrogen-bond donors (Lipinski definition) is 9. The number of phosphoric acid groups is 3. The number of nitrogens with zero attached hydrogens (tertiary/aromatic N) is 2. The standard InChI is InChI=1S/2C18H21NO3.3H3O4P.H2O/c2*1-19-8-7-18-11-4-5-13(20)17(18)22-16-14(21-2)6-3-10(15(16)18)9-12(11)19;3*1-5(2,3)4;/h2*3,6,11-12,17H,4-5,7-9H2,1-2H3;3*(H3,1,2,3,4);1H2/t2*11-,12+,17-,18-;;;;/m00..../s1. The number of benzene rings is 2. The second-order valence-electron chi connectivity index (χ2n) is 16.1. The number of carbonyl (C=O) groups is 2. The SMILES string of the molecule is COc1ccc2c3c1O[C@H]1C(=O)CC[C@H]4[C@@H](C2)N(C)CC[C@]314.COc1ccc2c3c1O[C@H]1C(=O)CC[C@H]4[C@@H](C2)N(C)CC[C@]314.O.O=P(O)(O)O.O=P(O)(O)O.O=P(O)(O)O. The maximum absolute atomic E-state index is 12.6. The van der Waals surface area contributed by atoms with Gasteiger partial charge in [0, 0.05) is 46.9 Å². The van der Waals surface area contributed by atoms with Gasteiger partial charge in [0.15, 0.2) is 46.8 Å². The van der Waals surface area contributed by atoms with Crippen LogP contribution >= 0.6 is 23.5 Å². The largest absolute Gasteiger partial charge is 0.493 e. The summed E-state index contributed by atoms with van der Waals surface area (Å²) in [6.45, 7) is 2.09. The fourth-order valence-corrected chi connectivity index (χ4v) is 11.3. The second kappa shape index (κ2) is 17.4. The van der Waals surface area contributed by atoms with E-state index in [9.17, 15) is 9.59 Å². The van der Waals surface area contributed by atoms with Crippen molar-refractivity contribution in [2.75, 3.05) is 41.4 Å². The van der Waals surface area contributed by atoms with Gasteiger partial charge in [-0.05, 0) is 101 Å². The highest BCUT2D eigenvalue weighted by Gasteiger charge is 2.67. The summed E-state index contributed by atoms with van der Waals surface area (Å²) in [4.78, 5) is 94.9. The van der Waals surface area contributed by atoms with Gasteiger partial charge in [-0.3, -0.25) is 9.59 Å². The number of likely N-dealkylation sites (N-methyl/N-ethyl adjacent to an activating group) is 2. The summed E-state index contributed by atoms with van der Waals surface area (Å²) in [5.74, 6) is 4.92. The Morgan fingerprint density at radius 2 is 0.933 bits per heavy atom. The van der Waals surface area contributed by atoms with E-state index in [4.69, 9.17) is 76.7 Å². The summed E-state index contributed by atoms with van der Waals surface area (Å²) in [7, 11) is -6.09. The molecule has 0 aromatic heterocycles. The molecule has 4 bridgehead atoms. The topological polar surface area (TPSA) is 342 Å². The minimum Gasteiger partial charge on any atom is -0.493 e. The molecule has 4 heterocycles. The average Bonchev–Trinajstić information content (AvgIpc) is 3.66. The molecule has 0 radical (unpaired) electrons. The van der Waals surface area contributed by atoms with Crippen molar-refractivity contribution in [1.82, 2.24) is 9.80 Å². The van der Waals surface area contributed by atoms with Crippen LogP contribution in [0, 0.1) is 11.8 Å². The number of likely N-dealkylation sites (tertiary alicyclic amines) is 2. The monoisotopic (exact) mass is 910 g/mol. The van der Waals surface area contributed by atoms with Crippen LogP contribution in [0.3, 0.4) is 0 Å². The van der Waals surface area contributed by atoms with E-state index in [0.29, 0.717) is 36.8 Å². The zero-order valence-electron chi connectivity index (χ0n) is 33.3. The molecule has 2 spiro atoms. The highest BCUT2D eigenvalue weighted by atomic mass is 31.2. The lowest BCUT2D eigenvalue weighted by Gasteiger charge is -2.57. The van der Waals surface area contributed by atoms with Gasteiger partial charge in [-0.1, -0.05) is 12.1 Å². The Morgan fingerprint density at radius 3 is 1.23 bits per heavy atom. The summed E-state index contributed by atoms with van der Waals surface area (Å²) < 4.78 is 50.2. The molecular weight excluding hydrogens is 857 g/mol. The van der Waals surface area contributed by atoms with Gasteiger partial charge in [0.05, 0.1) is 14.2 Å². The van der Waals surface area contributed by atoms with Crippen LogP contribution in [0.15, 0.2) is 24.3 Å². The van der Waals surface area contributed by atoms with Crippen molar-refractivity contribution < 1.29 is 91.7 Å². The lowest BCUT2D eigenvalue weighted by molar-refractivity contribution is -0.138. The number of methoxy groups -OCH3 is 2. The molecular formula is C36H53N2O19P3. The van der Waals surface area contributed by atoms with Crippen molar-refractivity contribution in [3.8, 4) is 23.0 Å². The Bertz CT molecular complexity index is 1930. The van der Waals surface area contributed by atoms with Crippen LogP contribution in [0.4, 0.5) is 0 Å². The van der Waals surface area contributed by atoms with Gasteiger partial charge in [-0.25, -0.2) is 13.7 Å². The van der Waals surface area contributed by atoms with Crippen molar-refractivity contribution in [2.24, 2.45) is 11.8 Å². The molecule has 10 rings (SSSR count). The molecule has 11 N–H and O–H groups in total. The van der Waals surface area contributed by atoms with E-state index in [1.165, 1.54) is 22.3 Å². The molecule has 0 unspecified atom stereocenters. The first-order valence-corrected chi connectivity index (χ1v) is 23.6. The first-order chi connectivity index (χ1) is 27.3. The van der Waals surface area contributed by atoms with Crippen LogP contribution in [0.2, 0.25) is 0 Å². The molecule has 8 aliphatic rings. The van der Waals surface area contributed by atoms with E-state index in [1.807, 2.05) is 12.1 Å². The van der Waals surface area contributed by atoms with Crippen molar-refractivity contribution in [2.45, 2.75) is 86.5 Å². The molecule has 60 heavy (non-hydrogen) atoms. The molecule has 4 aliphatic carbocycles. The van der Waals surface area contributed by atoms with Crippen LogP contribution in [0.5, 0.6) is 23.0 Å². The Morgan fingerprint density at radius 1 is 0.617 bits per heavy atom. The zero-order chi connectivity index (χ0) is 43.6.